The number of aliphatic carboxylic acids is 1. The third-order valence-corrected chi connectivity index (χ3v) is 4.51. The zero-order valence-electron chi connectivity index (χ0n) is 16.6. The van der Waals surface area contributed by atoms with E-state index < -0.39 is 30.4 Å². The molecule has 1 rings (SSSR count). The second-order valence-electron chi connectivity index (χ2n) is 6.92. The fourth-order valence-corrected chi connectivity index (χ4v) is 2.90. The first kappa shape index (κ1) is 24.3. The summed E-state index contributed by atoms with van der Waals surface area (Å²) < 4.78 is 5.61. The van der Waals surface area contributed by atoms with Crippen molar-refractivity contribution in [2.24, 2.45) is 0 Å². The lowest BCUT2D eigenvalue weighted by atomic mass is 10.1. The van der Waals surface area contributed by atoms with Gasteiger partial charge in [0.05, 0.1) is 30.5 Å². The van der Waals surface area contributed by atoms with Gasteiger partial charge in [-0.15, -0.1) is 0 Å². The van der Waals surface area contributed by atoms with Gasteiger partial charge in [0.2, 0.25) is 0 Å². The number of rotatable bonds is 13. The Morgan fingerprint density at radius 2 is 1.71 bits per heavy atom. The van der Waals surface area contributed by atoms with E-state index in [0.29, 0.717) is 25.7 Å². The molecule has 1 saturated heterocycles. The smallest absolute Gasteiger partial charge is 0.303 e. The van der Waals surface area contributed by atoms with Gasteiger partial charge in [-0.05, 0) is 32.1 Å². The van der Waals surface area contributed by atoms with E-state index in [-0.39, 0.29) is 12.5 Å². The number of allylic oxidation sites excluding steroid dienone is 5. The highest BCUT2D eigenvalue weighted by molar-refractivity contribution is 5.66. The van der Waals surface area contributed by atoms with Gasteiger partial charge in [-0.25, -0.2) is 0 Å². The van der Waals surface area contributed by atoms with E-state index in [0.717, 1.165) is 12.8 Å². The normalized spacial score (nSPS) is 25.5. The third kappa shape index (κ3) is 10.6. The molecule has 0 bridgehead atoms. The van der Waals surface area contributed by atoms with E-state index in [1.807, 2.05) is 43.4 Å². The average molecular weight is 395 g/mol. The molecule has 0 aromatic rings. The Kier molecular flexibility index (Phi) is 12.4. The van der Waals surface area contributed by atoms with Crippen LogP contribution >= 0.6 is 0 Å². The van der Waals surface area contributed by atoms with Gasteiger partial charge in [0.15, 0.2) is 0 Å². The molecule has 0 radical (unpaired) electrons. The van der Waals surface area contributed by atoms with E-state index >= 15 is 0 Å². The number of aliphatic hydroxyl groups excluding tert-OH is 3. The van der Waals surface area contributed by atoms with E-state index in [9.17, 15) is 20.1 Å². The minimum absolute atomic E-state index is 0.158. The fraction of sp³-hybridized carbons (Fsp3) is 0.591. The zero-order chi connectivity index (χ0) is 20.8. The van der Waals surface area contributed by atoms with E-state index in [1.54, 1.807) is 6.08 Å². The van der Waals surface area contributed by atoms with Gasteiger partial charge in [0, 0.05) is 12.8 Å². The number of carboxylic acid groups (broad SMARTS) is 1. The topological polar surface area (TPSA) is 107 Å². The monoisotopic (exact) mass is 394 g/mol. The van der Waals surface area contributed by atoms with Gasteiger partial charge in [0.1, 0.15) is 0 Å². The molecular weight excluding hydrogens is 360 g/mol. The summed E-state index contributed by atoms with van der Waals surface area (Å²) >= 11 is 0. The van der Waals surface area contributed by atoms with Crippen molar-refractivity contribution in [1.82, 2.24) is 0 Å². The minimum Gasteiger partial charge on any atom is -0.481 e. The summed E-state index contributed by atoms with van der Waals surface area (Å²) in [7, 11) is 0. The number of carbonyl (C=O) groups is 1. The van der Waals surface area contributed by atoms with E-state index in [2.05, 4.69) is 0 Å². The molecule has 1 fully saturated rings. The number of hydrogen-bond acceptors (Lipinski definition) is 5. The number of aliphatic hydroxyl groups is 3. The highest BCUT2D eigenvalue weighted by Gasteiger charge is 2.35. The van der Waals surface area contributed by atoms with E-state index in [4.69, 9.17) is 9.84 Å². The Morgan fingerprint density at radius 1 is 1.07 bits per heavy atom. The zero-order valence-corrected chi connectivity index (χ0v) is 16.6. The van der Waals surface area contributed by atoms with Crippen LogP contribution in [0.1, 0.15) is 51.9 Å². The molecule has 0 aliphatic carbocycles. The highest BCUT2D eigenvalue weighted by atomic mass is 16.5. The van der Waals surface area contributed by atoms with Crippen molar-refractivity contribution in [1.29, 1.82) is 0 Å². The minimum atomic E-state index is -0.837. The highest BCUT2D eigenvalue weighted by Crippen LogP contribution is 2.25. The van der Waals surface area contributed by atoms with Crippen LogP contribution in [0, 0.1) is 0 Å². The second-order valence-corrected chi connectivity index (χ2v) is 6.92. The van der Waals surface area contributed by atoms with Crippen LogP contribution in [0.25, 0.3) is 0 Å². The molecule has 0 unspecified atom stereocenters. The molecule has 158 valence electrons. The molecule has 0 amide bonds. The summed E-state index contributed by atoms with van der Waals surface area (Å²) in [4.78, 5) is 10.3. The van der Waals surface area contributed by atoms with Crippen LogP contribution in [-0.4, -0.2) is 56.9 Å². The number of hydrogen-bond donors (Lipinski definition) is 4. The van der Waals surface area contributed by atoms with Gasteiger partial charge in [-0.2, -0.15) is 0 Å². The molecule has 6 nitrogen and oxygen atoms in total. The Hall–Kier alpha value is -1.73. The summed E-state index contributed by atoms with van der Waals surface area (Å²) in [5.41, 5.74) is 0. The quantitative estimate of drug-likeness (QED) is 0.358. The van der Waals surface area contributed by atoms with Crippen LogP contribution in [-0.2, 0) is 9.53 Å². The molecule has 1 heterocycles. The molecule has 6 heteroatoms. The first-order chi connectivity index (χ1) is 13.4. The molecule has 0 aromatic carbocycles. The summed E-state index contributed by atoms with van der Waals surface area (Å²) in [5, 5.41) is 38.4. The number of ether oxygens (including phenoxy) is 1. The molecule has 0 spiro atoms. The van der Waals surface area contributed by atoms with Gasteiger partial charge in [-0.3, -0.25) is 4.79 Å². The Morgan fingerprint density at radius 3 is 2.32 bits per heavy atom. The molecule has 1 aliphatic heterocycles. The lowest BCUT2D eigenvalue weighted by molar-refractivity contribution is -0.136. The van der Waals surface area contributed by atoms with Crippen LogP contribution in [0.3, 0.4) is 0 Å². The van der Waals surface area contributed by atoms with Crippen molar-refractivity contribution < 1.29 is 30.0 Å². The van der Waals surface area contributed by atoms with Crippen LogP contribution in [0.5, 0.6) is 0 Å². The standard InChI is InChI=1S/C22H34O6/c1-2-20-19(25)16-21(28-20)18(24)15-14-17(23)12-10-8-6-4-3-5-7-9-11-13-22(26)27/h3-4,7-10,14-15,17-21,23-25H,2,5-6,11-13,16H2,1H3,(H,26,27)/b4-3-,9-7-,10-8-,15-14+/t17-,18+,19+,20+,21+/m0/s1. The van der Waals surface area contributed by atoms with Crippen molar-refractivity contribution in [3.63, 3.8) is 0 Å². The van der Waals surface area contributed by atoms with Crippen LogP contribution < -0.4 is 0 Å². The largest absolute Gasteiger partial charge is 0.481 e. The summed E-state index contributed by atoms with van der Waals surface area (Å²) in [6, 6.07) is 0. The van der Waals surface area contributed by atoms with Crippen molar-refractivity contribution in [3.8, 4) is 0 Å². The molecule has 5 atom stereocenters. The van der Waals surface area contributed by atoms with Crippen LogP contribution in [0.2, 0.25) is 0 Å². The van der Waals surface area contributed by atoms with Gasteiger partial charge < -0.3 is 25.2 Å². The summed E-state index contributed by atoms with van der Waals surface area (Å²) in [6.07, 6.45) is 15.9. The molecule has 4 N–H and O–H groups in total. The fourth-order valence-electron chi connectivity index (χ4n) is 2.90. The van der Waals surface area contributed by atoms with Crippen molar-refractivity contribution in [2.75, 3.05) is 0 Å². The summed E-state index contributed by atoms with van der Waals surface area (Å²) in [5.74, 6) is -0.785. The van der Waals surface area contributed by atoms with Gasteiger partial charge in [0.25, 0.3) is 0 Å². The predicted octanol–water partition coefficient (Wildman–Crippen LogP) is 2.90. The van der Waals surface area contributed by atoms with E-state index in [1.165, 1.54) is 6.08 Å². The van der Waals surface area contributed by atoms with Crippen LogP contribution in [0.4, 0.5) is 0 Å². The third-order valence-electron chi connectivity index (χ3n) is 4.51. The SMILES string of the molecule is CC[C@H]1O[C@@H]([C@H](O)/C=C/[C@@H](O)C/C=C\C/C=C\C/C=C\CCC(=O)O)C[C@H]1O. The van der Waals surface area contributed by atoms with Crippen LogP contribution in [0.15, 0.2) is 48.6 Å². The molecular formula is C22H34O6. The van der Waals surface area contributed by atoms with Crippen molar-refractivity contribution >= 4 is 5.97 Å². The maximum absolute atomic E-state index is 10.3. The maximum atomic E-state index is 10.3. The van der Waals surface area contributed by atoms with Crippen molar-refractivity contribution in [2.45, 2.75) is 82.4 Å². The van der Waals surface area contributed by atoms with Gasteiger partial charge >= 0.3 is 5.97 Å². The lowest BCUT2D eigenvalue weighted by Crippen LogP contribution is -2.24. The Labute approximate surface area is 167 Å². The first-order valence-electron chi connectivity index (χ1n) is 9.98. The Balaban J connectivity index is 2.16. The number of carboxylic acids is 1. The first-order valence-corrected chi connectivity index (χ1v) is 9.98. The maximum Gasteiger partial charge on any atom is 0.303 e. The van der Waals surface area contributed by atoms with Gasteiger partial charge in [-0.1, -0.05) is 55.5 Å². The molecule has 28 heavy (non-hydrogen) atoms. The molecule has 0 aromatic heterocycles. The lowest BCUT2D eigenvalue weighted by Gasteiger charge is -2.16. The summed E-state index contributed by atoms with van der Waals surface area (Å²) in [6.45, 7) is 1.93. The second kappa shape index (κ2) is 14.3. The molecule has 1 aliphatic rings. The predicted molar refractivity (Wildman–Crippen MR) is 109 cm³/mol. The van der Waals surface area contributed by atoms with Crippen molar-refractivity contribution in [3.05, 3.63) is 48.6 Å². The average Bonchev–Trinajstić information content (AvgIpc) is 3.04. The Bertz CT molecular complexity index is 551. The molecule has 0 saturated carbocycles.